The number of halogens is 3. The summed E-state index contributed by atoms with van der Waals surface area (Å²) in [4.78, 5) is 0. The SMILES string of the molecule is CC(C)(CC(F)(F)CF)S(=O)[O-]. The van der Waals surface area contributed by atoms with Crippen LogP contribution in [0.3, 0.4) is 0 Å². The first-order chi connectivity index (χ1) is 5.21. The van der Waals surface area contributed by atoms with Crippen molar-refractivity contribution in [3.8, 4) is 0 Å². The van der Waals surface area contributed by atoms with Crippen LogP contribution in [0.15, 0.2) is 0 Å². The summed E-state index contributed by atoms with van der Waals surface area (Å²) >= 11 is -2.62. The first-order valence-corrected chi connectivity index (χ1v) is 4.32. The minimum Gasteiger partial charge on any atom is -0.772 e. The lowest BCUT2D eigenvalue weighted by Crippen LogP contribution is -2.36. The van der Waals surface area contributed by atoms with Gasteiger partial charge >= 0.3 is 0 Å². The standard InChI is InChI=1S/C6H11F3O2S/c1-5(2,12(10)11)3-6(8,9)4-7/h3-4H2,1-2H3,(H,10,11)/p-1. The van der Waals surface area contributed by atoms with Crippen LogP contribution in [-0.2, 0) is 11.1 Å². The second-order valence-electron chi connectivity index (χ2n) is 3.16. The maximum absolute atomic E-state index is 12.4. The van der Waals surface area contributed by atoms with Crippen molar-refractivity contribution >= 4 is 11.1 Å². The lowest BCUT2D eigenvalue weighted by Gasteiger charge is -2.30. The Morgan fingerprint density at radius 2 is 1.83 bits per heavy atom. The van der Waals surface area contributed by atoms with Crippen LogP contribution in [0.1, 0.15) is 20.3 Å². The molecule has 0 bridgehead atoms. The van der Waals surface area contributed by atoms with E-state index in [1.165, 1.54) is 0 Å². The highest BCUT2D eigenvalue weighted by Crippen LogP contribution is 2.29. The molecule has 0 aromatic heterocycles. The third-order valence-corrected chi connectivity index (χ3v) is 2.38. The lowest BCUT2D eigenvalue weighted by molar-refractivity contribution is -0.0369. The third-order valence-electron chi connectivity index (χ3n) is 1.33. The summed E-state index contributed by atoms with van der Waals surface area (Å²) in [5.41, 5.74) is 0. The Morgan fingerprint density at radius 1 is 1.42 bits per heavy atom. The van der Waals surface area contributed by atoms with Gasteiger partial charge in [-0.2, -0.15) is 0 Å². The Morgan fingerprint density at radius 3 is 2.08 bits per heavy atom. The van der Waals surface area contributed by atoms with Gasteiger partial charge in [0.2, 0.25) is 0 Å². The van der Waals surface area contributed by atoms with E-state index in [2.05, 4.69) is 0 Å². The predicted octanol–water partition coefficient (Wildman–Crippen LogP) is 1.64. The van der Waals surface area contributed by atoms with Gasteiger partial charge in [-0.25, -0.2) is 13.2 Å². The van der Waals surface area contributed by atoms with E-state index in [-0.39, 0.29) is 0 Å². The van der Waals surface area contributed by atoms with Gasteiger partial charge in [-0.15, -0.1) is 0 Å². The maximum atomic E-state index is 12.4. The fourth-order valence-electron chi connectivity index (χ4n) is 0.729. The largest absolute Gasteiger partial charge is 0.772 e. The van der Waals surface area contributed by atoms with Crippen molar-refractivity contribution in [3.05, 3.63) is 0 Å². The fourth-order valence-corrected chi connectivity index (χ4v) is 1.06. The van der Waals surface area contributed by atoms with E-state index >= 15 is 0 Å². The van der Waals surface area contributed by atoms with Crippen LogP contribution in [0.2, 0.25) is 0 Å². The Labute approximate surface area is 71.4 Å². The van der Waals surface area contributed by atoms with E-state index in [1.807, 2.05) is 0 Å². The molecule has 0 saturated heterocycles. The second-order valence-corrected chi connectivity index (χ2v) is 4.74. The average Bonchev–Trinajstić information content (AvgIpc) is 1.85. The van der Waals surface area contributed by atoms with Crippen LogP contribution in [0.4, 0.5) is 13.2 Å². The van der Waals surface area contributed by atoms with E-state index in [9.17, 15) is 21.9 Å². The number of alkyl halides is 3. The molecule has 1 unspecified atom stereocenters. The number of hydrogen-bond acceptors (Lipinski definition) is 2. The Balaban J connectivity index is 4.34. The molecule has 12 heavy (non-hydrogen) atoms. The smallest absolute Gasteiger partial charge is 0.277 e. The van der Waals surface area contributed by atoms with E-state index in [0.717, 1.165) is 13.8 Å². The molecule has 0 fully saturated rings. The molecule has 0 spiro atoms. The molecule has 0 heterocycles. The van der Waals surface area contributed by atoms with Gasteiger partial charge < -0.3 is 4.55 Å². The number of rotatable bonds is 4. The van der Waals surface area contributed by atoms with Crippen LogP contribution < -0.4 is 0 Å². The van der Waals surface area contributed by atoms with Gasteiger partial charge in [-0.3, -0.25) is 4.21 Å². The number of hydrogen-bond donors (Lipinski definition) is 0. The van der Waals surface area contributed by atoms with Crippen LogP contribution in [0, 0.1) is 0 Å². The molecular weight excluding hydrogens is 193 g/mol. The summed E-state index contributed by atoms with van der Waals surface area (Å²) in [5, 5.41) is 0. The molecule has 74 valence electrons. The summed E-state index contributed by atoms with van der Waals surface area (Å²) in [6.45, 7) is 0.424. The molecule has 0 aliphatic heterocycles. The molecule has 0 aromatic rings. The highest BCUT2D eigenvalue weighted by atomic mass is 32.2. The molecule has 0 aliphatic rings. The third kappa shape index (κ3) is 3.53. The highest BCUT2D eigenvalue weighted by molar-refractivity contribution is 7.80. The highest BCUT2D eigenvalue weighted by Gasteiger charge is 2.37. The first kappa shape index (κ1) is 11.9. The molecule has 6 heteroatoms. The second kappa shape index (κ2) is 3.74. The molecule has 0 aromatic carbocycles. The molecule has 0 amide bonds. The summed E-state index contributed by atoms with van der Waals surface area (Å²) in [7, 11) is 0. The quantitative estimate of drug-likeness (QED) is 0.651. The van der Waals surface area contributed by atoms with Crippen molar-refractivity contribution in [2.45, 2.75) is 30.9 Å². The van der Waals surface area contributed by atoms with E-state index in [1.54, 1.807) is 0 Å². The van der Waals surface area contributed by atoms with E-state index in [0.29, 0.717) is 0 Å². The first-order valence-electron chi connectivity index (χ1n) is 3.24. The molecule has 0 N–H and O–H groups in total. The maximum Gasteiger partial charge on any atom is 0.277 e. The van der Waals surface area contributed by atoms with Gasteiger partial charge in [0.25, 0.3) is 5.92 Å². The van der Waals surface area contributed by atoms with Crippen molar-refractivity contribution in [1.29, 1.82) is 0 Å². The molecule has 0 saturated carbocycles. The summed E-state index contributed by atoms with van der Waals surface area (Å²) in [6.07, 6.45) is -0.993. The molecule has 0 aliphatic carbocycles. The zero-order chi connectivity index (χ0) is 9.99. The monoisotopic (exact) mass is 203 g/mol. The van der Waals surface area contributed by atoms with E-state index in [4.69, 9.17) is 0 Å². The Bertz CT molecular complexity index is 182. The van der Waals surface area contributed by atoms with Crippen molar-refractivity contribution in [2.24, 2.45) is 0 Å². The van der Waals surface area contributed by atoms with Gasteiger partial charge in [0.1, 0.15) is 0 Å². The molecule has 2 nitrogen and oxygen atoms in total. The van der Waals surface area contributed by atoms with Crippen LogP contribution in [0.5, 0.6) is 0 Å². The Hall–Kier alpha value is -0.100. The minimum atomic E-state index is -3.55. The van der Waals surface area contributed by atoms with Gasteiger partial charge in [0.15, 0.2) is 6.67 Å². The topological polar surface area (TPSA) is 40.1 Å². The molecule has 1 atom stereocenters. The van der Waals surface area contributed by atoms with Crippen molar-refractivity contribution in [1.82, 2.24) is 0 Å². The molecular formula is C6H10F3O2S-. The minimum absolute atomic E-state index is 0.993. The Kier molecular flexibility index (Phi) is 3.71. The zero-order valence-corrected chi connectivity index (χ0v) is 7.59. The summed E-state index contributed by atoms with van der Waals surface area (Å²) in [5.74, 6) is -3.55. The fraction of sp³-hybridized carbons (Fsp3) is 1.00. The average molecular weight is 203 g/mol. The van der Waals surface area contributed by atoms with Crippen molar-refractivity contribution < 1.29 is 21.9 Å². The van der Waals surface area contributed by atoms with Crippen molar-refractivity contribution in [3.63, 3.8) is 0 Å². The predicted molar refractivity (Wildman–Crippen MR) is 38.5 cm³/mol. The van der Waals surface area contributed by atoms with E-state index < -0.39 is 34.8 Å². The zero-order valence-electron chi connectivity index (χ0n) is 6.77. The van der Waals surface area contributed by atoms with Gasteiger partial charge in [0.05, 0.1) is 0 Å². The normalized spacial score (nSPS) is 16.2. The van der Waals surface area contributed by atoms with Crippen LogP contribution in [0.25, 0.3) is 0 Å². The summed E-state index contributed by atoms with van der Waals surface area (Å²) < 4.78 is 55.5. The molecule has 0 radical (unpaired) electrons. The van der Waals surface area contributed by atoms with Crippen molar-refractivity contribution in [2.75, 3.05) is 6.67 Å². The van der Waals surface area contributed by atoms with Gasteiger partial charge in [-0.05, 0) is 24.9 Å². The molecule has 0 rings (SSSR count). The summed E-state index contributed by atoms with van der Waals surface area (Å²) in [6, 6.07) is 0. The van der Waals surface area contributed by atoms with Gasteiger partial charge in [0, 0.05) is 11.2 Å². The van der Waals surface area contributed by atoms with Gasteiger partial charge in [-0.1, -0.05) is 0 Å². The lowest BCUT2D eigenvalue weighted by atomic mass is 10.1. The van der Waals surface area contributed by atoms with Crippen LogP contribution in [-0.4, -0.2) is 26.1 Å². The van der Waals surface area contributed by atoms with Crippen LogP contribution >= 0.6 is 0 Å².